The maximum Gasteiger partial charge on any atom is 0.0746 e. The fourth-order valence-electron chi connectivity index (χ4n) is 10.9. The first-order valence-electron chi connectivity index (χ1n) is 20.8. The van der Waals surface area contributed by atoms with Crippen LogP contribution < -0.4 is 4.90 Å². The van der Waals surface area contributed by atoms with Crippen LogP contribution in [0, 0.1) is 0 Å². The number of hydrogen-bond donors (Lipinski definition) is 0. The van der Waals surface area contributed by atoms with Crippen LogP contribution in [0.1, 0.15) is 47.2 Å². The Kier molecular flexibility index (Phi) is 7.26. The summed E-state index contributed by atoms with van der Waals surface area (Å²) in [4.78, 5) is 2.58. The average molecular weight is 752 g/mol. The topological polar surface area (TPSA) is 3.24 Å². The minimum atomic E-state index is -0.514. The van der Waals surface area contributed by atoms with Crippen LogP contribution in [0.4, 0.5) is 17.1 Å². The first kappa shape index (κ1) is 33.9. The molecule has 12 rings (SSSR count). The molecule has 0 bridgehead atoms. The SMILES string of the molecule is CC1(C)c2ccccc2-c2ccc(N(c3cc(-c4ccccc4)cc(-c4ccccc4)c3)c3cccc4c3C3(c5ccccc5-c5ccccc53)c3ccccc3-4)cc21. The number of benzene rings is 9. The van der Waals surface area contributed by atoms with E-state index in [1.807, 2.05) is 0 Å². The monoisotopic (exact) mass is 751 g/mol. The van der Waals surface area contributed by atoms with E-state index in [9.17, 15) is 0 Å². The van der Waals surface area contributed by atoms with Gasteiger partial charge in [-0.15, -0.1) is 0 Å². The number of rotatable bonds is 5. The van der Waals surface area contributed by atoms with Crippen LogP contribution >= 0.6 is 0 Å². The standard InChI is InChI=1S/C58H41N/c1-57(2)50-27-13-9-22-44(50)48-33-32-42(37-54(48)57)59(43-35-40(38-18-5-3-6-19-38)34-41(36-43)39-20-7-4-8-21-39)55-31-17-26-49-47-25-12-16-30-53(47)58(56(49)55)51-28-14-10-23-45(51)46-24-11-15-29-52(46)58/h3-37H,1-2H3. The Bertz CT molecular complexity index is 3010. The smallest absolute Gasteiger partial charge is 0.0746 e. The Labute approximate surface area is 346 Å². The zero-order valence-electron chi connectivity index (χ0n) is 33.2. The highest BCUT2D eigenvalue weighted by Gasteiger charge is 2.53. The molecule has 59 heavy (non-hydrogen) atoms. The summed E-state index contributed by atoms with van der Waals surface area (Å²) in [5.41, 5.74) is 23.5. The van der Waals surface area contributed by atoms with E-state index in [4.69, 9.17) is 0 Å². The van der Waals surface area contributed by atoms with Gasteiger partial charge in [-0.25, -0.2) is 0 Å². The summed E-state index contributed by atoms with van der Waals surface area (Å²) in [6.07, 6.45) is 0. The Morgan fingerprint density at radius 1 is 0.305 bits per heavy atom. The molecule has 0 radical (unpaired) electrons. The second-order valence-corrected chi connectivity index (χ2v) is 16.8. The third-order valence-corrected chi connectivity index (χ3v) is 13.4. The largest absolute Gasteiger partial charge is 0.310 e. The second kappa shape index (κ2) is 12.6. The van der Waals surface area contributed by atoms with Crippen molar-refractivity contribution in [3.8, 4) is 55.6 Å². The van der Waals surface area contributed by atoms with Gasteiger partial charge >= 0.3 is 0 Å². The number of fused-ring (bicyclic) bond motifs is 13. The van der Waals surface area contributed by atoms with Gasteiger partial charge < -0.3 is 4.90 Å². The molecular weight excluding hydrogens is 711 g/mol. The second-order valence-electron chi connectivity index (χ2n) is 16.8. The molecule has 0 unspecified atom stereocenters. The van der Waals surface area contributed by atoms with Crippen molar-refractivity contribution < 1.29 is 0 Å². The Morgan fingerprint density at radius 3 is 1.31 bits per heavy atom. The van der Waals surface area contributed by atoms with Crippen molar-refractivity contribution >= 4 is 17.1 Å². The quantitative estimate of drug-likeness (QED) is 0.169. The van der Waals surface area contributed by atoms with Crippen LogP contribution in [-0.2, 0) is 10.8 Å². The van der Waals surface area contributed by atoms with Gasteiger partial charge in [-0.05, 0) is 120 Å². The van der Waals surface area contributed by atoms with Gasteiger partial charge in [0.25, 0.3) is 0 Å². The minimum absolute atomic E-state index is 0.159. The van der Waals surface area contributed by atoms with E-state index in [1.165, 1.54) is 94.7 Å². The fourth-order valence-corrected chi connectivity index (χ4v) is 10.9. The van der Waals surface area contributed by atoms with Gasteiger partial charge in [0.05, 0.1) is 11.1 Å². The molecule has 9 aromatic carbocycles. The van der Waals surface area contributed by atoms with Crippen molar-refractivity contribution in [2.45, 2.75) is 24.7 Å². The maximum atomic E-state index is 2.58. The van der Waals surface area contributed by atoms with Gasteiger partial charge in [0.1, 0.15) is 0 Å². The first-order chi connectivity index (χ1) is 29.0. The molecule has 0 amide bonds. The lowest BCUT2D eigenvalue weighted by Crippen LogP contribution is -2.28. The first-order valence-corrected chi connectivity index (χ1v) is 20.8. The molecule has 3 aliphatic rings. The molecule has 0 saturated carbocycles. The summed E-state index contributed by atoms with van der Waals surface area (Å²) in [5.74, 6) is 0. The predicted octanol–water partition coefficient (Wildman–Crippen LogP) is 15.1. The van der Waals surface area contributed by atoms with E-state index in [1.54, 1.807) is 0 Å². The van der Waals surface area contributed by atoms with E-state index in [0.29, 0.717) is 0 Å². The zero-order chi connectivity index (χ0) is 39.3. The molecule has 0 aliphatic heterocycles. The van der Waals surface area contributed by atoms with Crippen LogP contribution in [0.2, 0.25) is 0 Å². The normalized spacial score (nSPS) is 14.2. The number of hydrogen-bond acceptors (Lipinski definition) is 1. The number of nitrogens with zero attached hydrogens (tertiary/aromatic N) is 1. The summed E-state index contributed by atoms with van der Waals surface area (Å²) in [6.45, 7) is 4.77. The summed E-state index contributed by atoms with van der Waals surface area (Å²) in [5, 5.41) is 0. The molecule has 1 nitrogen and oxygen atoms in total. The van der Waals surface area contributed by atoms with Gasteiger partial charge in [0.15, 0.2) is 0 Å². The van der Waals surface area contributed by atoms with Gasteiger partial charge in [-0.1, -0.05) is 190 Å². The van der Waals surface area contributed by atoms with Crippen molar-refractivity contribution in [1.82, 2.24) is 0 Å². The molecule has 9 aromatic rings. The molecular formula is C58H41N. The zero-order valence-corrected chi connectivity index (χ0v) is 33.2. The Balaban J connectivity index is 1.20. The highest BCUT2D eigenvalue weighted by atomic mass is 15.1. The van der Waals surface area contributed by atoms with Gasteiger partial charge in [0.2, 0.25) is 0 Å². The van der Waals surface area contributed by atoms with Crippen molar-refractivity contribution in [1.29, 1.82) is 0 Å². The summed E-state index contributed by atoms with van der Waals surface area (Å²) in [6, 6.07) is 79.4. The fraction of sp³-hybridized carbons (Fsp3) is 0.0690. The molecule has 0 atom stereocenters. The molecule has 0 aromatic heterocycles. The van der Waals surface area contributed by atoms with Gasteiger partial charge in [-0.3, -0.25) is 0 Å². The van der Waals surface area contributed by atoms with Gasteiger partial charge in [-0.2, -0.15) is 0 Å². The van der Waals surface area contributed by atoms with Crippen molar-refractivity contribution in [2.75, 3.05) is 4.90 Å². The van der Waals surface area contributed by atoms with Crippen LogP contribution in [0.5, 0.6) is 0 Å². The Morgan fingerprint density at radius 2 is 0.746 bits per heavy atom. The molecule has 1 heteroatoms. The van der Waals surface area contributed by atoms with Crippen LogP contribution in [0.15, 0.2) is 212 Å². The average Bonchev–Trinajstić information content (AvgIpc) is 3.86. The molecule has 0 N–H and O–H groups in total. The molecule has 0 saturated heterocycles. The molecule has 3 aliphatic carbocycles. The molecule has 278 valence electrons. The van der Waals surface area contributed by atoms with Crippen molar-refractivity contribution in [3.05, 3.63) is 246 Å². The van der Waals surface area contributed by atoms with Crippen LogP contribution in [-0.4, -0.2) is 0 Å². The van der Waals surface area contributed by atoms with Crippen LogP contribution in [0.25, 0.3) is 55.6 Å². The van der Waals surface area contributed by atoms with E-state index in [0.717, 1.165) is 11.4 Å². The highest BCUT2D eigenvalue weighted by Crippen LogP contribution is 2.65. The molecule has 0 heterocycles. The third kappa shape index (κ3) is 4.73. The lowest BCUT2D eigenvalue weighted by molar-refractivity contribution is 0.660. The van der Waals surface area contributed by atoms with Crippen molar-refractivity contribution in [3.63, 3.8) is 0 Å². The highest BCUT2D eigenvalue weighted by molar-refractivity contribution is 6.00. The van der Waals surface area contributed by atoms with E-state index < -0.39 is 5.41 Å². The van der Waals surface area contributed by atoms with Crippen molar-refractivity contribution in [2.24, 2.45) is 0 Å². The van der Waals surface area contributed by atoms with E-state index in [2.05, 4.69) is 231 Å². The molecule has 0 fully saturated rings. The Hall–Kier alpha value is -7.22. The van der Waals surface area contributed by atoms with E-state index >= 15 is 0 Å². The summed E-state index contributed by atoms with van der Waals surface area (Å²) >= 11 is 0. The predicted molar refractivity (Wildman–Crippen MR) is 246 cm³/mol. The van der Waals surface area contributed by atoms with Gasteiger partial charge in [0, 0.05) is 22.4 Å². The summed E-state index contributed by atoms with van der Waals surface area (Å²) in [7, 11) is 0. The maximum absolute atomic E-state index is 2.58. The molecule has 1 spiro atoms. The van der Waals surface area contributed by atoms with E-state index in [-0.39, 0.29) is 5.41 Å². The number of anilines is 3. The lowest BCUT2D eigenvalue weighted by atomic mass is 9.70. The lowest BCUT2D eigenvalue weighted by Gasteiger charge is -2.36. The third-order valence-electron chi connectivity index (χ3n) is 13.4. The van der Waals surface area contributed by atoms with Crippen LogP contribution in [0.3, 0.4) is 0 Å². The summed E-state index contributed by atoms with van der Waals surface area (Å²) < 4.78 is 0. The minimum Gasteiger partial charge on any atom is -0.310 e.